The predicted octanol–water partition coefficient (Wildman–Crippen LogP) is 4.47. The Morgan fingerprint density at radius 1 is 1.07 bits per heavy atom. The molecule has 3 aliphatic rings. The first kappa shape index (κ1) is 17.2. The second-order valence-electron chi connectivity index (χ2n) is 8.96. The molecular weight excluding hydrogens is 330 g/mol. The highest BCUT2D eigenvalue weighted by Crippen LogP contribution is 2.51. The summed E-state index contributed by atoms with van der Waals surface area (Å²) in [4.78, 5) is 9.95. The number of nitrogens with zero attached hydrogens (tertiary/aromatic N) is 3. The van der Waals surface area contributed by atoms with E-state index in [2.05, 4.69) is 72.2 Å². The molecule has 2 saturated heterocycles. The SMILES string of the molecule is Cc1ccc2c(c1)[C@@H]1[C@H]3CCC[C@@H](C[C@@H]1N2CCc1ccc(C)nc1)N3C. The number of aryl methyl sites for hydroxylation is 2. The van der Waals surface area contributed by atoms with E-state index in [9.17, 15) is 0 Å². The molecule has 2 fully saturated rings. The molecule has 142 valence electrons. The van der Waals surface area contributed by atoms with Crippen LogP contribution in [0, 0.1) is 13.8 Å². The zero-order chi connectivity index (χ0) is 18.5. The van der Waals surface area contributed by atoms with Gasteiger partial charge >= 0.3 is 0 Å². The van der Waals surface area contributed by atoms with Gasteiger partial charge in [0, 0.05) is 48.2 Å². The lowest BCUT2D eigenvalue weighted by Crippen LogP contribution is -2.57. The molecule has 2 aromatic rings. The van der Waals surface area contributed by atoms with Crippen LogP contribution in [0.1, 0.15) is 54.0 Å². The van der Waals surface area contributed by atoms with Crippen LogP contribution in [-0.4, -0.2) is 41.6 Å². The fraction of sp³-hybridized carbons (Fsp3) is 0.542. The number of aromatic nitrogens is 1. The van der Waals surface area contributed by atoms with Crippen LogP contribution in [0.2, 0.25) is 0 Å². The van der Waals surface area contributed by atoms with Gasteiger partial charge in [0.1, 0.15) is 0 Å². The minimum atomic E-state index is 0.673. The summed E-state index contributed by atoms with van der Waals surface area (Å²) in [6, 6.07) is 13.7. The molecule has 4 atom stereocenters. The third kappa shape index (κ3) is 2.87. The molecule has 0 amide bonds. The Morgan fingerprint density at radius 3 is 2.78 bits per heavy atom. The number of pyridine rings is 1. The van der Waals surface area contributed by atoms with Gasteiger partial charge in [0.15, 0.2) is 0 Å². The summed E-state index contributed by atoms with van der Waals surface area (Å²) in [5, 5.41) is 0. The van der Waals surface area contributed by atoms with E-state index in [1.54, 1.807) is 5.56 Å². The van der Waals surface area contributed by atoms with Crippen molar-refractivity contribution >= 4 is 5.69 Å². The van der Waals surface area contributed by atoms with Crippen molar-refractivity contribution in [3.05, 3.63) is 58.9 Å². The smallest absolute Gasteiger partial charge is 0.0406 e. The first-order valence-corrected chi connectivity index (χ1v) is 10.6. The van der Waals surface area contributed by atoms with E-state index < -0.39 is 0 Å². The average Bonchev–Trinajstić information content (AvgIpc) is 2.93. The molecule has 0 aliphatic carbocycles. The second kappa shape index (κ2) is 6.63. The first-order valence-electron chi connectivity index (χ1n) is 10.6. The maximum atomic E-state index is 4.49. The topological polar surface area (TPSA) is 19.4 Å². The van der Waals surface area contributed by atoms with Crippen molar-refractivity contribution in [2.75, 3.05) is 18.5 Å². The molecule has 27 heavy (non-hydrogen) atoms. The van der Waals surface area contributed by atoms with Crippen LogP contribution in [0.3, 0.4) is 0 Å². The fourth-order valence-electron chi connectivity index (χ4n) is 5.94. The van der Waals surface area contributed by atoms with E-state index in [0.717, 1.165) is 24.7 Å². The summed E-state index contributed by atoms with van der Waals surface area (Å²) in [7, 11) is 2.38. The molecule has 3 aliphatic heterocycles. The monoisotopic (exact) mass is 361 g/mol. The molecular formula is C24H31N3. The van der Waals surface area contributed by atoms with Crippen molar-refractivity contribution in [2.24, 2.45) is 0 Å². The zero-order valence-corrected chi connectivity index (χ0v) is 16.9. The Morgan fingerprint density at radius 2 is 1.96 bits per heavy atom. The number of fused-ring (bicyclic) bond motifs is 6. The van der Waals surface area contributed by atoms with Crippen molar-refractivity contribution < 1.29 is 0 Å². The summed E-state index contributed by atoms with van der Waals surface area (Å²) in [5.41, 5.74) is 6.96. The molecule has 3 heteroatoms. The van der Waals surface area contributed by atoms with Crippen LogP contribution in [0.5, 0.6) is 0 Å². The predicted molar refractivity (Wildman–Crippen MR) is 112 cm³/mol. The largest absolute Gasteiger partial charge is 0.367 e. The highest BCUT2D eigenvalue weighted by molar-refractivity contribution is 5.64. The van der Waals surface area contributed by atoms with Gasteiger partial charge in [-0.25, -0.2) is 0 Å². The molecule has 0 saturated carbocycles. The van der Waals surface area contributed by atoms with Gasteiger partial charge < -0.3 is 4.90 Å². The van der Waals surface area contributed by atoms with Crippen molar-refractivity contribution in [2.45, 2.75) is 70.0 Å². The molecule has 0 unspecified atom stereocenters. The molecule has 0 N–H and O–H groups in total. The maximum absolute atomic E-state index is 4.49. The summed E-state index contributed by atoms with van der Waals surface area (Å²) >= 11 is 0. The van der Waals surface area contributed by atoms with Crippen LogP contribution >= 0.6 is 0 Å². The van der Waals surface area contributed by atoms with Gasteiger partial charge in [-0.05, 0) is 69.8 Å². The highest BCUT2D eigenvalue weighted by Gasteiger charge is 2.50. The minimum absolute atomic E-state index is 0.673. The van der Waals surface area contributed by atoms with Crippen LogP contribution < -0.4 is 4.90 Å². The van der Waals surface area contributed by atoms with Crippen LogP contribution in [0.25, 0.3) is 0 Å². The van der Waals surface area contributed by atoms with Gasteiger partial charge in [-0.3, -0.25) is 9.88 Å². The number of likely N-dealkylation sites (N-methyl/N-ethyl adjacent to an activating group) is 1. The highest BCUT2D eigenvalue weighted by atomic mass is 15.3. The number of hydrogen-bond donors (Lipinski definition) is 0. The Balaban J connectivity index is 1.47. The van der Waals surface area contributed by atoms with Crippen molar-refractivity contribution in [3.63, 3.8) is 0 Å². The Kier molecular flexibility index (Phi) is 4.23. The number of hydrogen-bond acceptors (Lipinski definition) is 3. The lowest BCUT2D eigenvalue weighted by Gasteiger charge is -2.51. The van der Waals surface area contributed by atoms with Crippen LogP contribution in [-0.2, 0) is 6.42 Å². The van der Waals surface area contributed by atoms with Gasteiger partial charge in [-0.1, -0.05) is 30.2 Å². The molecule has 0 radical (unpaired) electrons. The Bertz CT molecular complexity index is 828. The number of piperidine rings is 2. The molecule has 4 heterocycles. The van der Waals surface area contributed by atoms with Gasteiger partial charge in [0.25, 0.3) is 0 Å². The van der Waals surface area contributed by atoms with Gasteiger partial charge in [-0.2, -0.15) is 0 Å². The third-order valence-electron chi connectivity index (χ3n) is 7.34. The van der Waals surface area contributed by atoms with E-state index >= 15 is 0 Å². The first-order chi connectivity index (χ1) is 13.1. The van der Waals surface area contributed by atoms with Crippen LogP contribution in [0.15, 0.2) is 36.5 Å². The number of anilines is 1. The van der Waals surface area contributed by atoms with E-state index in [1.165, 1.54) is 42.5 Å². The molecule has 1 aromatic heterocycles. The summed E-state index contributed by atoms with van der Waals surface area (Å²) in [5.74, 6) is 0.678. The minimum Gasteiger partial charge on any atom is -0.367 e. The summed E-state index contributed by atoms with van der Waals surface area (Å²) in [6.45, 7) is 5.40. The fourth-order valence-corrected chi connectivity index (χ4v) is 5.94. The second-order valence-corrected chi connectivity index (χ2v) is 8.96. The summed E-state index contributed by atoms with van der Waals surface area (Å²) in [6.07, 6.45) is 8.59. The lowest BCUT2D eigenvalue weighted by atomic mass is 9.73. The zero-order valence-electron chi connectivity index (χ0n) is 16.9. The standard InChI is InChI=1S/C24H31N3/c1-16-7-10-21-20(13-16)24-22-6-4-5-19(26(22)3)14-23(24)27(21)12-11-18-9-8-17(2)25-15-18/h7-10,13,15,19,22-24H,4-6,11-12,14H2,1-3H3/t19-,22+,23-,24+/m0/s1. The van der Waals surface area contributed by atoms with Gasteiger partial charge in [0.2, 0.25) is 0 Å². The number of benzene rings is 1. The van der Waals surface area contributed by atoms with E-state index in [4.69, 9.17) is 0 Å². The van der Waals surface area contributed by atoms with E-state index in [-0.39, 0.29) is 0 Å². The normalized spacial score (nSPS) is 29.5. The maximum Gasteiger partial charge on any atom is 0.0406 e. The van der Waals surface area contributed by atoms with Crippen molar-refractivity contribution in [1.29, 1.82) is 0 Å². The van der Waals surface area contributed by atoms with Crippen LogP contribution in [0.4, 0.5) is 5.69 Å². The van der Waals surface area contributed by atoms with E-state index in [1.807, 2.05) is 0 Å². The van der Waals surface area contributed by atoms with Crippen molar-refractivity contribution in [3.8, 4) is 0 Å². The lowest BCUT2D eigenvalue weighted by molar-refractivity contribution is 0.0415. The van der Waals surface area contributed by atoms with Gasteiger partial charge in [-0.15, -0.1) is 0 Å². The van der Waals surface area contributed by atoms with Crippen molar-refractivity contribution in [1.82, 2.24) is 9.88 Å². The molecule has 2 bridgehead atoms. The quantitative estimate of drug-likeness (QED) is 0.804. The average molecular weight is 362 g/mol. The third-order valence-corrected chi connectivity index (χ3v) is 7.34. The molecule has 3 nitrogen and oxygen atoms in total. The summed E-state index contributed by atoms with van der Waals surface area (Å²) < 4.78 is 0. The Hall–Kier alpha value is -1.87. The molecule has 5 rings (SSSR count). The molecule has 0 spiro atoms. The van der Waals surface area contributed by atoms with E-state index in [0.29, 0.717) is 18.0 Å². The Labute approximate surface area is 163 Å². The number of rotatable bonds is 3. The van der Waals surface area contributed by atoms with Gasteiger partial charge in [0.05, 0.1) is 0 Å². The molecule has 1 aromatic carbocycles.